The van der Waals surface area contributed by atoms with Gasteiger partial charge in [-0.15, -0.1) is 0 Å². The first-order valence-electron chi connectivity index (χ1n) is 5.89. The minimum atomic E-state index is -3.82. The summed E-state index contributed by atoms with van der Waals surface area (Å²) in [6.45, 7) is 2.97. The highest BCUT2D eigenvalue weighted by Crippen LogP contribution is 2.21. The monoisotopic (exact) mass is 299 g/mol. The number of amides is 1. The Morgan fingerprint density at radius 1 is 1.32 bits per heavy atom. The van der Waals surface area contributed by atoms with Gasteiger partial charge in [0, 0.05) is 29.3 Å². The van der Waals surface area contributed by atoms with E-state index in [2.05, 4.69) is 0 Å². The van der Waals surface area contributed by atoms with Gasteiger partial charge in [-0.3, -0.25) is 4.79 Å². The Kier molecular flexibility index (Phi) is 3.96. The first kappa shape index (κ1) is 14.1. The second-order valence-electron chi connectivity index (χ2n) is 4.43. The van der Waals surface area contributed by atoms with Crippen LogP contribution in [0.1, 0.15) is 22.3 Å². The number of nitrogens with zero attached hydrogens (tertiary/aromatic N) is 1. The van der Waals surface area contributed by atoms with Crippen molar-refractivity contribution < 1.29 is 13.2 Å². The van der Waals surface area contributed by atoms with Crippen molar-refractivity contribution in [2.75, 3.05) is 13.1 Å². The SMILES string of the molecule is Cc1ccc(S(=O)(=O)Cl)cc1C(=O)N1CC=CCC1. The van der Waals surface area contributed by atoms with E-state index in [1.807, 2.05) is 12.2 Å². The zero-order chi connectivity index (χ0) is 14.0. The lowest BCUT2D eigenvalue weighted by Crippen LogP contribution is -2.34. The van der Waals surface area contributed by atoms with E-state index in [0.29, 0.717) is 18.7 Å². The molecule has 0 radical (unpaired) electrons. The lowest BCUT2D eigenvalue weighted by atomic mass is 10.1. The third kappa shape index (κ3) is 3.16. The van der Waals surface area contributed by atoms with Crippen LogP contribution in [0.25, 0.3) is 0 Å². The molecule has 102 valence electrons. The second kappa shape index (κ2) is 5.35. The number of halogens is 1. The predicted molar refractivity (Wildman–Crippen MR) is 73.9 cm³/mol. The highest BCUT2D eigenvalue weighted by Gasteiger charge is 2.20. The van der Waals surface area contributed by atoms with Crippen LogP contribution < -0.4 is 0 Å². The van der Waals surface area contributed by atoms with Crippen molar-refractivity contribution in [1.82, 2.24) is 4.90 Å². The molecule has 0 saturated carbocycles. The molecule has 6 heteroatoms. The first-order chi connectivity index (χ1) is 8.89. The molecule has 1 aliphatic heterocycles. The number of aryl methyl sites for hydroxylation is 1. The van der Waals surface area contributed by atoms with E-state index in [-0.39, 0.29) is 10.8 Å². The number of benzene rings is 1. The molecule has 0 saturated heterocycles. The molecule has 1 aliphatic rings. The summed E-state index contributed by atoms with van der Waals surface area (Å²) < 4.78 is 22.6. The molecule has 0 fully saturated rings. The summed E-state index contributed by atoms with van der Waals surface area (Å²) in [6, 6.07) is 4.35. The molecule has 0 aromatic heterocycles. The number of rotatable bonds is 2. The first-order valence-corrected chi connectivity index (χ1v) is 8.20. The van der Waals surface area contributed by atoms with Crippen LogP contribution in [0.2, 0.25) is 0 Å². The molecule has 1 aromatic carbocycles. The Morgan fingerprint density at radius 3 is 2.63 bits per heavy atom. The lowest BCUT2D eigenvalue weighted by molar-refractivity contribution is 0.0770. The Balaban J connectivity index is 2.38. The molecule has 0 aliphatic carbocycles. The summed E-state index contributed by atoms with van der Waals surface area (Å²) in [6.07, 6.45) is 4.77. The van der Waals surface area contributed by atoms with Crippen LogP contribution in [0.5, 0.6) is 0 Å². The molecule has 0 bridgehead atoms. The van der Waals surface area contributed by atoms with Crippen LogP contribution >= 0.6 is 10.7 Å². The summed E-state index contributed by atoms with van der Waals surface area (Å²) in [5.74, 6) is -0.163. The van der Waals surface area contributed by atoms with E-state index in [0.717, 1.165) is 12.0 Å². The Bertz CT molecular complexity index is 637. The molecular formula is C13H14ClNO3S. The lowest BCUT2D eigenvalue weighted by Gasteiger charge is -2.24. The summed E-state index contributed by atoms with van der Waals surface area (Å²) in [7, 11) is 1.49. The quantitative estimate of drug-likeness (QED) is 0.622. The standard InChI is InChI=1S/C13H14ClNO3S/c1-10-5-6-11(19(14,17)18)9-12(10)13(16)15-7-3-2-4-8-15/h2-3,5-6,9H,4,7-8H2,1H3. The van der Waals surface area contributed by atoms with Gasteiger partial charge in [0.05, 0.1) is 4.90 Å². The van der Waals surface area contributed by atoms with E-state index >= 15 is 0 Å². The van der Waals surface area contributed by atoms with Crippen molar-refractivity contribution in [2.45, 2.75) is 18.2 Å². The van der Waals surface area contributed by atoms with E-state index in [4.69, 9.17) is 10.7 Å². The molecule has 2 rings (SSSR count). The van der Waals surface area contributed by atoms with Crippen LogP contribution in [0.3, 0.4) is 0 Å². The number of carbonyl (C=O) groups excluding carboxylic acids is 1. The fourth-order valence-corrected chi connectivity index (χ4v) is 2.76. The maximum atomic E-state index is 12.4. The normalized spacial score (nSPS) is 15.6. The van der Waals surface area contributed by atoms with Crippen molar-refractivity contribution in [3.63, 3.8) is 0 Å². The average molecular weight is 300 g/mol. The van der Waals surface area contributed by atoms with Crippen LogP contribution in [-0.4, -0.2) is 32.3 Å². The van der Waals surface area contributed by atoms with Crippen LogP contribution in [0.15, 0.2) is 35.2 Å². The zero-order valence-electron chi connectivity index (χ0n) is 10.5. The number of carbonyl (C=O) groups is 1. The molecule has 0 N–H and O–H groups in total. The molecule has 0 atom stereocenters. The zero-order valence-corrected chi connectivity index (χ0v) is 12.0. The van der Waals surface area contributed by atoms with Crippen molar-refractivity contribution in [1.29, 1.82) is 0 Å². The van der Waals surface area contributed by atoms with E-state index in [1.165, 1.54) is 12.1 Å². The Labute approximate surface area is 117 Å². The maximum Gasteiger partial charge on any atom is 0.261 e. The third-order valence-electron chi connectivity index (χ3n) is 3.07. The molecule has 1 amide bonds. The second-order valence-corrected chi connectivity index (χ2v) is 6.99. The van der Waals surface area contributed by atoms with E-state index in [1.54, 1.807) is 17.9 Å². The highest BCUT2D eigenvalue weighted by molar-refractivity contribution is 8.13. The van der Waals surface area contributed by atoms with Crippen molar-refractivity contribution >= 4 is 25.6 Å². The smallest absolute Gasteiger partial charge is 0.261 e. The number of hydrogen-bond acceptors (Lipinski definition) is 3. The molecule has 4 nitrogen and oxygen atoms in total. The van der Waals surface area contributed by atoms with Gasteiger partial charge in [-0.25, -0.2) is 8.42 Å². The van der Waals surface area contributed by atoms with Crippen molar-refractivity contribution in [3.8, 4) is 0 Å². The van der Waals surface area contributed by atoms with Crippen LogP contribution in [0.4, 0.5) is 0 Å². The van der Waals surface area contributed by atoms with Gasteiger partial charge < -0.3 is 4.90 Å². The minimum Gasteiger partial charge on any atom is -0.335 e. The van der Waals surface area contributed by atoms with Gasteiger partial charge >= 0.3 is 0 Å². The molecule has 19 heavy (non-hydrogen) atoms. The summed E-state index contributed by atoms with van der Waals surface area (Å²) in [4.78, 5) is 14.0. The van der Waals surface area contributed by atoms with E-state index < -0.39 is 9.05 Å². The predicted octanol–water partition coefficient (Wildman–Crippen LogP) is 2.32. The van der Waals surface area contributed by atoms with Crippen LogP contribution in [0, 0.1) is 6.92 Å². The molecule has 0 unspecified atom stereocenters. The molecule has 0 spiro atoms. The summed E-state index contributed by atoms with van der Waals surface area (Å²) in [5.41, 5.74) is 1.13. The Morgan fingerprint density at radius 2 is 2.05 bits per heavy atom. The summed E-state index contributed by atoms with van der Waals surface area (Å²) in [5, 5.41) is 0. The fourth-order valence-electron chi connectivity index (χ4n) is 1.98. The van der Waals surface area contributed by atoms with E-state index in [9.17, 15) is 13.2 Å². The van der Waals surface area contributed by atoms with Crippen LogP contribution in [-0.2, 0) is 9.05 Å². The van der Waals surface area contributed by atoms with Gasteiger partial charge in [-0.05, 0) is 31.0 Å². The van der Waals surface area contributed by atoms with Gasteiger partial charge in [0.1, 0.15) is 0 Å². The van der Waals surface area contributed by atoms with Gasteiger partial charge in [-0.2, -0.15) is 0 Å². The number of hydrogen-bond donors (Lipinski definition) is 0. The Hall–Kier alpha value is -1.33. The summed E-state index contributed by atoms with van der Waals surface area (Å²) >= 11 is 0. The van der Waals surface area contributed by atoms with Gasteiger partial charge in [0.25, 0.3) is 15.0 Å². The van der Waals surface area contributed by atoms with Crippen molar-refractivity contribution in [2.24, 2.45) is 0 Å². The topological polar surface area (TPSA) is 54.5 Å². The molecule has 1 heterocycles. The van der Waals surface area contributed by atoms with Gasteiger partial charge in [-0.1, -0.05) is 18.2 Å². The van der Waals surface area contributed by atoms with Gasteiger partial charge in [0.15, 0.2) is 0 Å². The highest BCUT2D eigenvalue weighted by atomic mass is 35.7. The minimum absolute atomic E-state index is 0.0457. The third-order valence-corrected chi connectivity index (χ3v) is 4.42. The average Bonchev–Trinajstić information content (AvgIpc) is 2.38. The maximum absolute atomic E-state index is 12.4. The molecule has 1 aromatic rings. The van der Waals surface area contributed by atoms with Crippen molar-refractivity contribution in [3.05, 3.63) is 41.5 Å². The fraction of sp³-hybridized carbons (Fsp3) is 0.308. The van der Waals surface area contributed by atoms with Gasteiger partial charge in [0.2, 0.25) is 0 Å². The largest absolute Gasteiger partial charge is 0.335 e. The molecular weight excluding hydrogens is 286 g/mol.